The summed E-state index contributed by atoms with van der Waals surface area (Å²) in [6.07, 6.45) is 1.92. The van der Waals surface area contributed by atoms with Crippen LogP contribution in [0.15, 0.2) is 23.1 Å². The number of carbonyl (C=O) groups is 2. The Kier molecular flexibility index (Phi) is 4.45. The summed E-state index contributed by atoms with van der Waals surface area (Å²) >= 11 is 0. The van der Waals surface area contributed by atoms with E-state index < -0.39 is 43.7 Å². The number of amides is 1. The van der Waals surface area contributed by atoms with E-state index in [0.29, 0.717) is 31.7 Å². The number of hydrogen-bond donors (Lipinski definition) is 2. The number of rotatable bonds is 5. The first-order chi connectivity index (χ1) is 10.6. The SMILES string of the molecule is CN(C1(C(N)=O)CCCC1)S(=O)(=O)c1ccc(C(=O)O)c(F)c1. The zero-order chi connectivity index (χ0) is 17.4. The molecule has 0 spiro atoms. The van der Waals surface area contributed by atoms with E-state index in [1.54, 1.807) is 0 Å². The van der Waals surface area contributed by atoms with Crippen LogP contribution in [-0.2, 0) is 14.8 Å². The highest BCUT2D eigenvalue weighted by molar-refractivity contribution is 7.89. The summed E-state index contributed by atoms with van der Waals surface area (Å²) < 4.78 is 40.0. The molecule has 0 bridgehead atoms. The molecule has 1 saturated carbocycles. The molecule has 1 aromatic carbocycles. The highest BCUT2D eigenvalue weighted by Gasteiger charge is 2.48. The van der Waals surface area contributed by atoms with E-state index in [0.717, 1.165) is 16.4 Å². The average Bonchev–Trinajstić information content (AvgIpc) is 2.96. The minimum absolute atomic E-state index is 0.299. The number of hydrogen-bond acceptors (Lipinski definition) is 4. The molecule has 9 heteroatoms. The van der Waals surface area contributed by atoms with Gasteiger partial charge < -0.3 is 10.8 Å². The third-order valence-corrected chi connectivity index (χ3v) is 6.24. The Balaban J connectivity index is 2.47. The number of likely N-dealkylation sites (N-methyl/N-ethyl adjacent to an activating group) is 1. The van der Waals surface area contributed by atoms with Gasteiger partial charge in [0.25, 0.3) is 0 Å². The van der Waals surface area contributed by atoms with Gasteiger partial charge in [0.1, 0.15) is 11.4 Å². The lowest BCUT2D eigenvalue weighted by Gasteiger charge is -2.34. The molecule has 1 aliphatic carbocycles. The third-order valence-electron chi connectivity index (χ3n) is 4.32. The maximum atomic E-state index is 13.8. The van der Waals surface area contributed by atoms with E-state index in [-0.39, 0.29) is 0 Å². The van der Waals surface area contributed by atoms with E-state index in [1.165, 1.54) is 7.05 Å². The van der Waals surface area contributed by atoms with Crippen LogP contribution in [0.1, 0.15) is 36.0 Å². The summed E-state index contributed by atoms with van der Waals surface area (Å²) in [5, 5.41) is 8.79. The van der Waals surface area contributed by atoms with E-state index in [1.807, 2.05) is 0 Å². The molecule has 1 aliphatic rings. The normalized spacial score (nSPS) is 17.3. The van der Waals surface area contributed by atoms with Crippen LogP contribution in [0.25, 0.3) is 0 Å². The Morgan fingerprint density at radius 1 is 1.30 bits per heavy atom. The molecular formula is C14H17FN2O5S. The average molecular weight is 344 g/mol. The van der Waals surface area contributed by atoms with Crippen LogP contribution in [0.5, 0.6) is 0 Å². The van der Waals surface area contributed by atoms with E-state index >= 15 is 0 Å². The lowest BCUT2D eigenvalue weighted by Crippen LogP contribution is -2.56. The van der Waals surface area contributed by atoms with Gasteiger partial charge in [-0.1, -0.05) is 12.8 Å². The number of carbonyl (C=O) groups excluding carboxylic acids is 1. The maximum absolute atomic E-state index is 13.8. The molecule has 0 atom stereocenters. The topological polar surface area (TPSA) is 118 Å². The van der Waals surface area contributed by atoms with Gasteiger partial charge in [0.15, 0.2) is 0 Å². The zero-order valence-electron chi connectivity index (χ0n) is 12.5. The van der Waals surface area contributed by atoms with Crippen molar-refractivity contribution in [1.29, 1.82) is 0 Å². The number of aromatic carboxylic acids is 1. The molecule has 0 aromatic heterocycles. The van der Waals surface area contributed by atoms with Crippen LogP contribution < -0.4 is 5.73 Å². The van der Waals surface area contributed by atoms with Crippen molar-refractivity contribution in [2.45, 2.75) is 36.1 Å². The van der Waals surface area contributed by atoms with Gasteiger partial charge in [-0.3, -0.25) is 4.79 Å². The largest absolute Gasteiger partial charge is 0.478 e. The molecule has 0 aliphatic heterocycles. The predicted molar refractivity (Wildman–Crippen MR) is 78.7 cm³/mol. The molecule has 0 radical (unpaired) electrons. The van der Waals surface area contributed by atoms with Crippen LogP contribution >= 0.6 is 0 Å². The Bertz CT molecular complexity index is 756. The summed E-state index contributed by atoms with van der Waals surface area (Å²) in [5.41, 5.74) is 3.45. The summed E-state index contributed by atoms with van der Waals surface area (Å²) in [6.45, 7) is 0. The smallest absolute Gasteiger partial charge is 0.338 e. The number of primary amides is 1. The minimum atomic E-state index is -4.19. The van der Waals surface area contributed by atoms with Gasteiger partial charge in [0.05, 0.1) is 10.5 Å². The van der Waals surface area contributed by atoms with Crippen molar-refractivity contribution in [3.8, 4) is 0 Å². The number of nitrogens with two attached hydrogens (primary N) is 1. The van der Waals surface area contributed by atoms with Crippen LogP contribution in [0.4, 0.5) is 4.39 Å². The highest BCUT2D eigenvalue weighted by atomic mass is 32.2. The Labute approximate surface area is 132 Å². The lowest BCUT2D eigenvalue weighted by atomic mass is 9.97. The van der Waals surface area contributed by atoms with Crippen LogP contribution in [0, 0.1) is 5.82 Å². The fraction of sp³-hybridized carbons (Fsp3) is 0.429. The van der Waals surface area contributed by atoms with Crippen molar-refractivity contribution < 1.29 is 27.5 Å². The summed E-state index contributed by atoms with van der Waals surface area (Å²) in [6, 6.07) is 2.52. The number of halogens is 1. The van der Waals surface area contributed by atoms with Crippen LogP contribution in [-0.4, -0.2) is 42.3 Å². The molecule has 1 fully saturated rings. The fourth-order valence-corrected chi connectivity index (χ4v) is 4.44. The summed E-state index contributed by atoms with van der Waals surface area (Å²) in [7, 11) is -2.96. The second kappa shape index (κ2) is 5.89. The van der Waals surface area contributed by atoms with Gasteiger partial charge in [-0.2, -0.15) is 4.31 Å². The van der Waals surface area contributed by atoms with E-state index in [4.69, 9.17) is 10.8 Å². The van der Waals surface area contributed by atoms with Gasteiger partial charge in [0, 0.05) is 7.05 Å². The van der Waals surface area contributed by atoms with Crippen molar-refractivity contribution in [3.63, 3.8) is 0 Å². The number of benzene rings is 1. The second-order valence-electron chi connectivity index (χ2n) is 5.52. The second-order valence-corrected chi connectivity index (χ2v) is 7.49. The van der Waals surface area contributed by atoms with Gasteiger partial charge in [-0.15, -0.1) is 0 Å². The molecule has 3 N–H and O–H groups in total. The van der Waals surface area contributed by atoms with Crippen molar-refractivity contribution in [2.75, 3.05) is 7.05 Å². The molecule has 7 nitrogen and oxygen atoms in total. The lowest BCUT2D eigenvalue weighted by molar-refractivity contribution is -0.126. The summed E-state index contributed by atoms with van der Waals surface area (Å²) in [5.74, 6) is -3.40. The molecule has 2 rings (SSSR count). The van der Waals surface area contributed by atoms with Crippen molar-refractivity contribution in [1.82, 2.24) is 4.31 Å². The number of sulfonamides is 1. The first kappa shape index (κ1) is 17.4. The van der Waals surface area contributed by atoms with Gasteiger partial charge in [-0.05, 0) is 31.0 Å². The quantitative estimate of drug-likeness (QED) is 0.824. The van der Waals surface area contributed by atoms with E-state index in [9.17, 15) is 22.4 Å². The maximum Gasteiger partial charge on any atom is 0.338 e. The van der Waals surface area contributed by atoms with Crippen LogP contribution in [0.3, 0.4) is 0 Å². The molecule has 0 saturated heterocycles. The monoisotopic (exact) mass is 344 g/mol. The standard InChI is InChI=1S/C14H17FN2O5S/c1-17(14(13(16)20)6-2-3-7-14)23(21,22)9-4-5-10(12(18)19)11(15)8-9/h4-5,8H,2-3,6-7H2,1H3,(H2,16,20)(H,18,19). The zero-order valence-corrected chi connectivity index (χ0v) is 13.3. The molecule has 0 unspecified atom stereocenters. The molecule has 1 amide bonds. The van der Waals surface area contributed by atoms with Crippen molar-refractivity contribution >= 4 is 21.9 Å². The van der Waals surface area contributed by atoms with Crippen molar-refractivity contribution in [2.24, 2.45) is 5.73 Å². The number of carboxylic acids is 1. The Hall–Kier alpha value is -2.00. The molecular weight excluding hydrogens is 327 g/mol. The Morgan fingerprint density at radius 2 is 1.87 bits per heavy atom. The van der Waals surface area contributed by atoms with Crippen LogP contribution in [0.2, 0.25) is 0 Å². The molecule has 23 heavy (non-hydrogen) atoms. The first-order valence-corrected chi connectivity index (χ1v) is 8.39. The van der Waals surface area contributed by atoms with Gasteiger partial charge in [-0.25, -0.2) is 17.6 Å². The predicted octanol–water partition coefficient (Wildman–Crippen LogP) is 0.942. The molecule has 126 valence electrons. The Morgan fingerprint density at radius 3 is 2.30 bits per heavy atom. The first-order valence-electron chi connectivity index (χ1n) is 6.95. The fourth-order valence-electron chi connectivity index (χ4n) is 2.89. The minimum Gasteiger partial charge on any atom is -0.478 e. The third kappa shape index (κ3) is 2.81. The molecule has 0 heterocycles. The number of nitrogens with zero attached hydrogens (tertiary/aromatic N) is 1. The van der Waals surface area contributed by atoms with Gasteiger partial charge in [0.2, 0.25) is 15.9 Å². The highest BCUT2D eigenvalue weighted by Crippen LogP contribution is 2.37. The van der Waals surface area contributed by atoms with E-state index in [2.05, 4.69) is 0 Å². The van der Waals surface area contributed by atoms with Crippen molar-refractivity contribution in [3.05, 3.63) is 29.6 Å². The molecule has 1 aromatic rings. The van der Waals surface area contributed by atoms with Gasteiger partial charge >= 0.3 is 5.97 Å². The summed E-state index contributed by atoms with van der Waals surface area (Å²) in [4.78, 5) is 22.2. The number of carboxylic acid groups (broad SMARTS) is 1.